The van der Waals surface area contributed by atoms with Gasteiger partial charge >= 0.3 is 5.97 Å². The SMILES string of the molecule is COC(=O)/C=C1/SC(N2CCOCC2)=NC1=O. The molecule has 0 radical (unpaired) electrons. The monoisotopic (exact) mass is 256 g/mol. The van der Waals surface area contributed by atoms with E-state index in [4.69, 9.17) is 4.74 Å². The second-order valence-electron chi connectivity index (χ2n) is 3.43. The van der Waals surface area contributed by atoms with Gasteiger partial charge in [0.1, 0.15) is 0 Å². The molecule has 0 bridgehead atoms. The van der Waals surface area contributed by atoms with E-state index in [0.29, 0.717) is 36.4 Å². The van der Waals surface area contributed by atoms with Gasteiger partial charge in [-0.1, -0.05) is 0 Å². The molecular weight excluding hydrogens is 244 g/mol. The first-order valence-corrected chi connectivity index (χ1v) is 5.95. The Kier molecular flexibility index (Phi) is 3.80. The number of methoxy groups -OCH3 is 1. The molecule has 0 atom stereocenters. The van der Waals surface area contributed by atoms with E-state index < -0.39 is 5.97 Å². The summed E-state index contributed by atoms with van der Waals surface area (Å²) in [7, 11) is 1.27. The first-order valence-electron chi connectivity index (χ1n) is 5.14. The topological polar surface area (TPSA) is 68.2 Å². The Hall–Kier alpha value is -1.34. The highest BCUT2D eigenvalue weighted by Gasteiger charge is 2.27. The van der Waals surface area contributed by atoms with Crippen molar-refractivity contribution < 1.29 is 19.1 Å². The molecule has 0 unspecified atom stereocenters. The lowest BCUT2D eigenvalue weighted by atomic mass is 10.4. The zero-order valence-corrected chi connectivity index (χ0v) is 10.2. The number of carbonyl (C=O) groups excluding carboxylic acids is 2. The van der Waals surface area contributed by atoms with E-state index in [0.717, 1.165) is 0 Å². The molecule has 92 valence electrons. The van der Waals surface area contributed by atoms with Gasteiger partial charge in [-0.15, -0.1) is 0 Å². The highest BCUT2D eigenvalue weighted by molar-refractivity contribution is 8.18. The molecule has 0 aromatic carbocycles. The van der Waals surface area contributed by atoms with Crippen LogP contribution in [0.3, 0.4) is 0 Å². The van der Waals surface area contributed by atoms with Crippen molar-refractivity contribution >= 4 is 28.8 Å². The summed E-state index contributed by atoms with van der Waals surface area (Å²) in [4.78, 5) is 28.8. The molecular formula is C10H12N2O4S. The van der Waals surface area contributed by atoms with E-state index in [2.05, 4.69) is 9.73 Å². The van der Waals surface area contributed by atoms with Crippen LogP contribution in [0, 0.1) is 0 Å². The van der Waals surface area contributed by atoms with Gasteiger partial charge in [-0.25, -0.2) is 4.79 Å². The normalized spacial score (nSPS) is 22.9. The van der Waals surface area contributed by atoms with Crippen LogP contribution in [0.4, 0.5) is 0 Å². The first-order chi connectivity index (χ1) is 8.20. The number of morpholine rings is 1. The Morgan fingerprint density at radius 3 is 2.88 bits per heavy atom. The maximum atomic E-state index is 11.5. The van der Waals surface area contributed by atoms with Crippen LogP contribution in [-0.2, 0) is 19.1 Å². The van der Waals surface area contributed by atoms with Crippen molar-refractivity contribution in [1.29, 1.82) is 0 Å². The fourth-order valence-corrected chi connectivity index (χ4v) is 2.38. The van der Waals surface area contributed by atoms with Crippen LogP contribution in [0.15, 0.2) is 16.0 Å². The van der Waals surface area contributed by atoms with Crippen molar-refractivity contribution in [1.82, 2.24) is 4.90 Å². The second kappa shape index (κ2) is 5.33. The largest absolute Gasteiger partial charge is 0.466 e. The van der Waals surface area contributed by atoms with Crippen LogP contribution in [0.25, 0.3) is 0 Å². The zero-order valence-electron chi connectivity index (χ0n) is 9.34. The third-order valence-electron chi connectivity index (χ3n) is 2.34. The van der Waals surface area contributed by atoms with Gasteiger partial charge in [0.15, 0.2) is 5.17 Å². The van der Waals surface area contributed by atoms with Crippen LogP contribution in [-0.4, -0.2) is 55.4 Å². The molecule has 2 aliphatic heterocycles. The predicted molar refractivity (Wildman–Crippen MR) is 62.5 cm³/mol. The summed E-state index contributed by atoms with van der Waals surface area (Å²) in [5, 5.41) is 0.633. The summed E-state index contributed by atoms with van der Waals surface area (Å²) >= 11 is 1.20. The summed E-state index contributed by atoms with van der Waals surface area (Å²) < 4.78 is 9.69. The van der Waals surface area contributed by atoms with Crippen molar-refractivity contribution in [3.05, 3.63) is 11.0 Å². The lowest BCUT2D eigenvalue weighted by molar-refractivity contribution is -0.135. The van der Waals surface area contributed by atoms with E-state index >= 15 is 0 Å². The van der Waals surface area contributed by atoms with E-state index in [1.807, 2.05) is 4.90 Å². The van der Waals surface area contributed by atoms with E-state index in [1.54, 1.807) is 0 Å². The highest BCUT2D eigenvalue weighted by atomic mass is 32.2. The third kappa shape index (κ3) is 2.86. The number of rotatable bonds is 1. The number of amidine groups is 1. The molecule has 0 N–H and O–H groups in total. The number of esters is 1. The van der Waals surface area contributed by atoms with Crippen LogP contribution in [0.1, 0.15) is 0 Å². The highest BCUT2D eigenvalue weighted by Crippen LogP contribution is 2.28. The van der Waals surface area contributed by atoms with Crippen molar-refractivity contribution in [3.63, 3.8) is 0 Å². The van der Waals surface area contributed by atoms with Gasteiger partial charge in [0.05, 0.1) is 25.2 Å². The van der Waals surface area contributed by atoms with Gasteiger partial charge in [0.2, 0.25) is 0 Å². The Labute approximate surface area is 103 Å². The Bertz CT molecular complexity index is 399. The van der Waals surface area contributed by atoms with E-state index in [-0.39, 0.29) is 5.91 Å². The molecule has 1 amide bonds. The second-order valence-corrected chi connectivity index (χ2v) is 4.44. The first kappa shape index (κ1) is 12.1. The fraction of sp³-hybridized carbons (Fsp3) is 0.500. The standard InChI is InChI=1S/C10H12N2O4S/c1-15-8(13)6-7-9(14)11-10(17-7)12-2-4-16-5-3-12/h6H,2-5H2,1H3/b7-6+. The van der Waals surface area contributed by atoms with Gasteiger partial charge in [-0.05, 0) is 11.8 Å². The minimum Gasteiger partial charge on any atom is -0.466 e. The van der Waals surface area contributed by atoms with Crippen LogP contribution in [0.5, 0.6) is 0 Å². The number of aliphatic imine (C=N–C) groups is 1. The van der Waals surface area contributed by atoms with Crippen molar-refractivity contribution in [2.24, 2.45) is 4.99 Å². The minimum atomic E-state index is -0.542. The molecule has 7 heteroatoms. The molecule has 1 fully saturated rings. The number of thioether (sulfide) groups is 1. The number of nitrogens with zero attached hydrogens (tertiary/aromatic N) is 2. The summed E-state index contributed by atoms with van der Waals surface area (Å²) in [5.74, 6) is -0.929. The molecule has 1 saturated heterocycles. The summed E-state index contributed by atoms with van der Waals surface area (Å²) in [6.45, 7) is 2.68. The number of hydrogen-bond donors (Lipinski definition) is 0. The van der Waals surface area contributed by atoms with Crippen LogP contribution < -0.4 is 0 Å². The number of hydrogen-bond acceptors (Lipinski definition) is 6. The minimum absolute atomic E-state index is 0.304. The molecule has 2 heterocycles. The fourth-order valence-electron chi connectivity index (χ4n) is 1.45. The molecule has 0 spiro atoms. The molecule has 0 aliphatic carbocycles. The van der Waals surface area contributed by atoms with Crippen molar-refractivity contribution in [2.75, 3.05) is 33.4 Å². The van der Waals surface area contributed by atoms with Gasteiger partial charge < -0.3 is 14.4 Å². The van der Waals surface area contributed by atoms with Crippen molar-refractivity contribution in [2.45, 2.75) is 0 Å². The molecule has 17 heavy (non-hydrogen) atoms. The molecule has 0 aromatic rings. The van der Waals surface area contributed by atoms with E-state index in [9.17, 15) is 9.59 Å². The summed E-state index contributed by atoms with van der Waals surface area (Å²) in [6.07, 6.45) is 1.17. The number of amides is 1. The lowest BCUT2D eigenvalue weighted by Gasteiger charge is -2.27. The van der Waals surface area contributed by atoms with Crippen LogP contribution in [0.2, 0.25) is 0 Å². The van der Waals surface area contributed by atoms with E-state index in [1.165, 1.54) is 24.9 Å². The van der Waals surface area contributed by atoms with Crippen LogP contribution >= 0.6 is 11.8 Å². The molecule has 0 saturated carbocycles. The molecule has 0 aromatic heterocycles. The zero-order chi connectivity index (χ0) is 12.3. The number of ether oxygens (including phenoxy) is 2. The smallest absolute Gasteiger partial charge is 0.331 e. The Morgan fingerprint density at radius 1 is 1.53 bits per heavy atom. The van der Waals surface area contributed by atoms with Gasteiger partial charge in [-0.2, -0.15) is 4.99 Å². The maximum absolute atomic E-state index is 11.5. The lowest BCUT2D eigenvalue weighted by Crippen LogP contribution is -2.38. The Morgan fingerprint density at radius 2 is 2.24 bits per heavy atom. The average Bonchev–Trinajstić information content (AvgIpc) is 2.72. The average molecular weight is 256 g/mol. The van der Waals surface area contributed by atoms with Gasteiger partial charge in [0, 0.05) is 19.2 Å². The molecule has 2 aliphatic rings. The molecule has 2 rings (SSSR count). The molecule has 6 nitrogen and oxygen atoms in total. The predicted octanol–water partition coefficient (Wildman–Crippen LogP) is 0.00490. The Balaban J connectivity index is 2.04. The van der Waals surface area contributed by atoms with Gasteiger partial charge in [0.25, 0.3) is 5.91 Å². The van der Waals surface area contributed by atoms with Gasteiger partial charge in [-0.3, -0.25) is 4.79 Å². The quantitative estimate of drug-likeness (QED) is 0.486. The van der Waals surface area contributed by atoms with Crippen molar-refractivity contribution in [3.8, 4) is 0 Å². The maximum Gasteiger partial charge on any atom is 0.331 e. The number of carbonyl (C=O) groups is 2. The summed E-state index contributed by atoms with van der Waals surface area (Å²) in [6, 6.07) is 0. The summed E-state index contributed by atoms with van der Waals surface area (Å²) in [5.41, 5.74) is 0. The third-order valence-corrected chi connectivity index (χ3v) is 3.39.